The first kappa shape index (κ1) is 10.0. The third-order valence-electron chi connectivity index (χ3n) is 3.33. The van der Waals surface area contributed by atoms with E-state index in [2.05, 4.69) is 31.5 Å². The van der Waals surface area contributed by atoms with Crippen molar-refractivity contribution in [3.05, 3.63) is 0 Å². The Labute approximate surface area is 76.1 Å². The molecular weight excluding hydrogens is 148 g/mol. The fourth-order valence-corrected chi connectivity index (χ4v) is 2.21. The molecular formula is C10H22N2. The van der Waals surface area contributed by atoms with E-state index >= 15 is 0 Å². The van der Waals surface area contributed by atoms with Crippen LogP contribution < -0.4 is 10.6 Å². The molecule has 0 spiro atoms. The van der Waals surface area contributed by atoms with Gasteiger partial charge in [-0.3, -0.25) is 0 Å². The van der Waals surface area contributed by atoms with Gasteiger partial charge in [0.05, 0.1) is 0 Å². The summed E-state index contributed by atoms with van der Waals surface area (Å²) in [4.78, 5) is 0. The highest BCUT2D eigenvalue weighted by molar-refractivity contribution is 4.91. The van der Waals surface area contributed by atoms with Gasteiger partial charge in [-0.25, -0.2) is 0 Å². The van der Waals surface area contributed by atoms with E-state index in [1.54, 1.807) is 0 Å². The molecule has 72 valence electrons. The molecule has 0 amide bonds. The maximum Gasteiger partial charge on any atom is 0.0213 e. The first-order valence-electron chi connectivity index (χ1n) is 5.11. The van der Waals surface area contributed by atoms with Crippen molar-refractivity contribution >= 4 is 0 Å². The number of hydrogen-bond donors (Lipinski definition) is 2. The third-order valence-corrected chi connectivity index (χ3v) is 3.33. The van der Waals surface area contributed by atoms with Crippen molar-refractivity contribution in [2.45, 2.75) is 38.6 Å². The Morgan fingerprint density at radius 1 is 1.25 bits per heavy atom. The minimum absolute atomic E-state index is 0.392. The first-order chi connectivity index (χ1) is 5.71. The molecule has 1 atom stereocenters. The van der Waals surface area contributed by atoms with Gasteiger partial charge < -0.3 is 10.6 Å². The van der Waals surface area contributed by atoms with Crippen molar-refractivity contribution in [2.24, 2.45) is 5.92 Å². The molecule has 1 fully saturated rings. The van der Waals surface area contributed by atoms with E-state index in [0.29, 0.717) is 5.54 Å². The lowest BCUT2D eigenvalue weighted by Crippen LogP contribution is -2.48. The molecule has 1 saturated heterocycles. The molecule has 12 heavy (non-hydrogen) atoms. The van der Waals surface area contributed by atoms with Gasteiger partial charge in [0.15, 0.2) is 0 Å². The van der Waals surface area contributed by atoms with E-state index < -0.39 is 0 Å². The van der Waals surface area contributed by atoms with Crippen molar-refractivity contribution < 1.29 is 0 Å². The van der Waals surface area contributed by atoms with E-state index in [4.69, 9.17) is 0 Å². The van der Waals surface area contributed by atoms with Gasteiger partial charge in [0.25, 0.3) is 0 Å². The zero-order valence-corrected chi connectivity index (χ0v) is 8.61. The Balaban J connectivity index is 2.61. The minimum atomic E-state index is 0.392. The van der Waals surface area contributed by atoms with Crippen LogP contribution in [0.2, 0.25) is 0 Å². The Morgan fingerprint density at radius 2 is 2.00 bits per heavy atom. The normalized spacial score (nSPS) is 32.0. The van der Waals surface area contributed by atoms with Gasteiger partial charge in [-0.1, -0.05) is 13.8 Å². The molecule has 2 heteroatoms. The molecule has 0 bridgehead atoms. The van der Waals surface area contributed by atoms with Crippen molar-refractivity contribution in [1.82, 2.24) is 10.6 Å². The molecule has 0 aromatic heterocycles. The molecule has 0 radical (unpaired) electrons. The van der Waals surface area contributed by atoms with E-state index in [1.807, 2.05) is 0 Å². The molecule has 1 aliphatic rings. The van der Waals surface area contributed by atoms with E-state index in [0.717, 1.165) is 5.92 Å². The topological polar surface area (TPSA) is 24.1 Å². The van der Waals surface area contributed by atoms with Crippen molar-refractivity contribution in [3.63, 3.8) is 0 Å². The number of rotatable bonds is 2. The second-order valence-electron chi connectivity index (χ2n) is 4.16. The highest BCUT2D eigenvalue weighted by Gasteiger charge is 2.31. The fraction of sp³-hybridized carbons (Fsp3) is 1.00. The zero-order valence-electron chi connectivity index (χ0n) is 8.61. The van der Waals surface area contributed by atoms with Crippen LogP contribution in [0.1, 0.15) is 33.1 Å². The fourth-order valence-electron chi connectivity index (χ4n) is 2.21. The van der Waals surface area contributed by atoms with Crippen molar-refractivity contribution in [3.8, 4) is 0 Å². The van der Waals surface area contributed by atoms with Crippen LogP contribution in [0.3, 0.4) is 0 Å². The van der Waals surface area contributed by atoms with Crippen LogP contribution in [-0.2, 0) is 0 Å². The quantitative estimate of drug-likeness (QED) is 0.654. The molecule has 1 heterocycles. The SMILES string of the molecule is CNC1(C(C)C)CCCNCC1. The van der Waals surface area contributed by atoms with E-state index in [9.17, 15) is 0 Å². The van der Waals surface area contributed by atoms with Gasteiger partial charge in [0.1, 0.15) is 0 Å². The standard InChI is InChI=1S/C10H22N2/c1-9(2)10(11-3)5-4-7-12-8-6-10/h9,11-12H,4-8H2,1-3H3. The van der Waals surface area contributed by atoms with Gasteiger partial charge >= 0.3 is 0 Å². The molecule has 1 aliphatic heterocycles. The van der Waals surface area contributed by atoms with Crippen molar-refractivity contribution in [1.29, 1.82) is 0 Å². The molecule has 2 N–H and O–H groups in total. The highest BCUT2D eigenvalue weighted by Crippen LogP contribution is 2.27. The molecule has 0 aromatic carbocycles. The summed E-state index contributed by atoms with van der Waals surface area (Å²) < 4.78 is 0. The predicted molar refractivity (Wildman–Crippen MR) is 53.3 cm³/mol. The van der Waals surface area contributed by atoms with Crippen LogP contribution in [0.5, 0.6) is 0 Å². The second kappa shape index (κ2) is 4.24. The first-order valence-corrected chi connectivity index (χ1v) is 5.11. The summed E-state index contributed by atoms with van der Waals surface area (Å²) in [5.41, 5.74) is 0.392. The second-order valence-corrected chi connectivity index (χ2v) is 4.16. The lowest BCUT2D eigenvalue weighted by Gasteiger charge is -2.36. The summed E-state index contributed by atoms with van der Waals surface area (Å²) in [5, 5.41) is 6.97. The summed E-state index contributed by atoms with van der Waals surface area (Å²) in [7, 11) is 2.10. The smallest absolute Gasteiger partial charge is 0.0213 e. The summed E-state index contributed by atoms with van der Waals surface area (Å²) >= 11 is 0. The lowest BCUT2D eigenvalue weighted by molar-refractivity contribution is 0.226. The zero-order chi connectivity index (χ0) is 9.03. The average molecular weight is 170 g/mol. The molecule has 0 saturated carbocycles. The maximum atomic E-state index is 3.52. The van der Waals surface area contributed by atoms with E-state index in [-0.39, 0.29) is 0 Å². The van der Waals surface area contributed by atoms with Gasteiger partial charge in [-0.05, 0) is 45.3 Å². The largest absolute Gasteiger partial charge is 0.317 e. The van der Waals surface area contributed by atoms with Crippen LogP contribution in [0.4, 0.5) is 0 Å². The summed E-state index contributed by atoms with van der Waals surface area (Å²) in [5.74, 6) is 0.738. The Kier molecular flexibility index (Phi) is 3.53. The molecule has 0 aromatic rings. The number of hydrogen-bond acceptors (Lipinski definition) is 2. The van der Waals surface area contributed by atoms with Crippen LogP contribution in [0, 0.1) is 5.92 Å². The average Bonchev–Trinajstić information content (AvgIpc) is 2.29. The van der Waals surface area contributed by atoms with Gasteiger partial charge in [-0.15, -0.1) is 0 Å². The summed E-state index contributed by atoms with van der Waals surface area (Å²) in [6, 6.07) is 0. The molecule has 2 nitrogen and oxygen atoms in total. The Bertz CT molecular complexity index is 124. The highest BCUT2D eigenvalue weighted by atomic mass is 15.0. The third kappa shape index (κ3) is 1.99. The van der Waals surface area contributed by atoms with Crippen molar-refractivity contribution in [2.75, 3.05) is 20.1 Å². The van der Waals surface area contributed by atoms with E-state index in [1.165, 1.54) is 32.4 Å². The summed E-state index contributed by atoms with van der Waals surface area (Å²) in [6.45, 7) is 7.00. The number of nitrogens with one attached hydrogen (secondary N) is 2. The molecule has 1 rings (SSSR count). The molecule has 0 aliphatic carbocycles. The van der Waals surface area contributed by atoms with Crippen LogP contribution in [0.15, 0.2) is 0 Å². The van der Waals surface area contributed by atoms with Gasteiger partial charge in [0.2, 0.25) is 0 Å². The Morgan fingerprint density at radius 3 is 2.58 bits per heavy atom. The molecule has 1 unspecified atom stereocenters. The van der Waals surface area contributed by atoms with Gasteiger partial charge in [0, 0.05) is 5.54 Å². The van der Waals surface area contributed by atoms with Crippen LogP contribution in [-0.4, -0.2) is 25.7 Å². The lowest BCUT2D eigenvalue weighted by atomic mass is 9.80. The van der Waals surface area contributed by atoms with Crippen LogP contribution in [0.25, 0.3) is 0 Å². The maximum absolute atomic E-state index is 3.52. The van der Waals surface area contributed by atoms with Gasteiger partial charge in [-0.2, -0.15) is 0 Å². The Hall–Kier alpha value is -0.0800. The monoisotopic (exact) mass is 170 g/mol. The predicted octanol–water partition coefficient (Wildman–Crippen LogP) is 1.37. The summed E-state index contributed by atoms with van der Waals surface area (Å²) in [6.07, 6.45) is 3.88. The minimum Gasteiger partial charge on any atom is -0.317 e. The van der Waals surface area contributed by atoms with Crippen LogP contribution >= 0.6 is 0 Å².